The molecule has 4 rings (SSSR count). The molecule has 5 nitrogen and oxygen atoms in total. The van der Waals surface area contributed by atoms with Crippen LogP contribution in [0.5, 0.6) is 5.75 Å². The SMILES string of the molecule is COc1cc(F)c(CN2CCc3c(nc(-c4ccccc4)[nH]c3=O)C2)c(F)c1. The minimum Gasteiger partial charge on any atom is -0.497 e. The highest BCUT2D eigenvalue weighted by molar-refractivity contribution is 5.54. The maximum absolute atomic E-state index is 14.3. The van der Waals surface area contributed by atoms with Crippen LogP contribution in [0.25, 0.3) is 11.4 Å². The van der Waals surface area contributed by atoms with Gasteiger partial charge in [-0.25, -0.2) is 13.8 Å². The molecular weight excluding hydrogens is 364 g/mol. The Kier molecular flexibility index (Phi) is 4.92. The summed E-state index contributed by atoms with van der Waals surface area (Å²) >= 11 is 0. The average Bonchev–Trinajstić information content (AvgIpc) is 2.71. The van der Waals surface area contributed by atoms with Gasteiger partial charge in [0, 0.05) is 48.5 Å². The molecule has 0 fully saturated rings. The second kappa shape index (κ2) is 7.52. The molecule has 2 aromatic carbocycles. The zero-order valence-corrected chi connectivity index (χ0v) is 15.3. The molecule has 0 spiro atoms. The lowest BCUT2D eigenvalue weighted by atomic mass is 10.0. The molecule has 0 amide bonds. The Morgan fingerprint density at radius 1 is 1.18 bits per heavy atom. The van der Waals surface area contributed by atoms with E-state index >= 15 is 0 Å². The van der Waals surface area contributed by atoms with Gasteiger partial charge >= 0.3 is 0 Å². The Bertz CT molecular complexity index is 1040. The highest BCUT2D eigenvalue weighted by Gasteiger charge is 2.23. The van der Waals surface area contributed by atoms with E-state index in [2.05, 4.69) is 9.97 Å². The zero-order chi connectivity index (χ0) is 19.7. The number of halogens is 2. The third kappa shape index (κ3) is 3.53. The molecule has 0 radical (unpaired) electrons. The smallest absolute Gasteiger partial charge is 0.254 e. The summed E-state index contributed by atoms with van der Waals surface area (Å²) in [7, 11) is 1.36. The Balaban J connectivity index is 1.61. The van der Waals surface area contributed by atoms with Gasteiger partial charge in [-0.2, -0.15) is 0 Å². The third-order valence-electron chi connectivity index (χ3n) is 4.93. The Morgan fingerprint density at radius 2 is 1.89 bits per heavy atom. The van der Waals surface area contributed by atoms with E-state index in [0.717, 1.165) is 5.56 Å². The number of nitrogens with one attached hydrogen (secondary N) is 1. The van der Waals surface area contributed by atoms with Gasteiger partial charge in [-0.3, -0.25) is 9.69 Å². The van der Waals surface area contributed by atoms with Crippen LogP contribution in [0.1, 0.15) is 16.8 Å². The Morgan fingerprint density at radius 3 is 2.57 bits per heavy atom. The summed E-state index contributed by atoms with van der Waals surface area (Å²) in [6.07, 6.45) is 0.478. The number of H-pyrrole nitrogens is 1. The van der Waals surface area contributed by atoms with Crippen molar-refractivity contribution in [1.82, 2.24) is 14.9 Å². The van der Waals surface area contributed by atoms with Crippen molar-refractivity contribution in [2.24, 2.45) is 0 Å². The molecule has 0 unspecified atom stereocenters. The van der Waals surface area contributed by atoms with Gasteiger partial charge in [0.05, 0.1) is 12.8 Å². The molecule has 1 aliphatic heterocycles. The number of methoxy groups -OCH3 is 1. The molecule has 1 N–H and O–H groups in total. The van der Waals surface area contributed by atoms with Gasteiger partial charge in [0.2, 0.25) is 0 Å². The quantitative estimate of drug-likeness (QED) is 0.751. The topological polar surface area (TPSA) is 58.2 Å². The number of aromatic amines is 1. The van der Waals surface area contributed by atoms with Gasteiger partial charge in [-0.1, -0.05) is 30.3 Å². The highest BCUT2D eigenvalue weighted by Crippen LogP contribution is 2.24. The molecule has 0 atom stereocenters. The number of benzene rings is 2. The second-order valence-corrected chi connectivity index (χ2v) is 6.74. The lowest BCUT2D eigenvalue weighted by Crippen LogP contribution is -2.35. The van der Waals surface area contributed by atoms with Gasteiger partial charge in [-0.05, 0) is 6.42 Å². The Labute approximate surface area is 160 Å². The number of ether oxygens (including phenoxy) is 1. The predicted molar refractivity (Wildman–Crippen MR) is 101 cm³/mol. The molecule has 0 saturated heterocycles. The molecule has 144 valence electrons. The minimum atomic E-state index is -0.647. The normalized spacial score (nSPS) is 14.0. The summed E-state index contributed by atoms with van der Waals surface area (Å²) in [5.41, 5.74) is 1.91. The first-order valence-electron chi connectivity index (χ1n) is 8.97. The standard InChI is InChI=1S/C21H19F2N3O2/c1-28-14-9-17(22)16(18(23)10-14)11-26-8-7-15-19(12-26)24-20(25-21(15)27)13-5-3-2-4-6-13/h2-6,9-10H,7-8,11-12H2,1H3,(H,24,25,27). The van der Waals surface area contributed by atoms with Crippen molar-refractivity contribution in [2.45, 2.75) is 19.5 Å². The minimum absolute atomic E-state index is 0.0163. The maximum atomic E-state index is 14.3. The largest absolute Gasteiger partial charge is 0.497 e. The van der Waals surface area contributed by atoms with E-state index < -0.39 is 11.6 Å². The lowest BCUT2D eigenvalue weighted by Gasteiger charge is -2.28. The van der Waals surface area contributed by atoms with E-state index in [1.807, 2.05) is 35.2 Å². The van der Waals surface area contributed by atoms with Gasteiger partial charge < -0.3 is 9.72 Å². The molecule has 0 saturated carbocycles. The number of nitrogens with zero attached hydrogens (tertiary/aromatic N) is 2. The fourth-order valence-corrected chi connectivity index (χ4v) is 3.43. The average molecular weight is 383 g/mol. The first-order chi connectivity index (χ1) is 13.5. The molecule has 3 aromatic rings. The van der Waals surface area contributed by atoms with Gasteiger partial charge in [0.15, 0.2) is 0 Å². The van der Waals surface area contributed by atoms with Crippen molar-refractivity contribution in [1.29, 1.82) is 0 Å². The van der Waals surface area contributed by atoms with E-state index in [4.69, 9.17) is 4.74 Å². The monoisotopic (exact) mass is 383 g/mol. The summed E-state index contributed by atoms with van der Waals surface area (Å²) in [5, 5.41) is 0. The summed E-state index contributed by atoms with van der Waals surface area (Å²) in [4.78, 5) is 21.8. The Hall–Kier alpha value is -3.06. The number of hydrogen-bond donors (Lipinski definition) is 1. The molecule has 28 heavy (non-hydrogen) atoms. The zero-order valence-electron chi connectivity index (χ0n) is 15.3. The van der Waals surface area contributed by atoms with Crippen LogP contribution in [0.4, 0.5) is 8.78 Å². The molecule has 1 aliphatic rings. The summed E-state index contributed by atoms with van der Waals surface area (Å²) in [6, 6.07) is 11.7. The van der Waals surface area contributed by atoms with Crippen molar-refractivity contribution < 1.29 is 13.5 Å². The molecule has 0 aliphatic carbocycles. The van der Waals surface area contributed by atoms with Crippen LogP contribution in [-0.2, 0) is 19.5 Å². The van der Waals surface area contributed by atoms with Crippen LogP contribution in [0.3, 0.4) is 0 Å². The molecule has 2 heterocycles. The molecule has 1 aromatic heterocycles. The van der Waals surface area contributed by atoms with Crippen LogP contribution in [-0.4, -0.2) is 28.5 Å². The summed E-state index contributed by atoms with van der Waals surface area (Å²) in [6.45, 7) is 0.966. The van der Waals surface area contributed by atoms with Gasteiger partial charge in [-0.15, -0.1) is 0 Å². The van der Waals surface area contributed by atoms with Crippen LogP contribution < -0.4 is 10.3 Å². The van der Waals surface area contributed by atoms with Crippen LogP contribution in [0.15, 0.2) is 47.3 Å². The van der Waals surface area contributed by atoms with Crippen LogP contribution >= 0.6 is 0 Å². The van der Waals surface area contributed by atoms with Crippen molar-refractivity contribution in [3.8, 4) is 17.1 Å². The first-order valence-corrected chi connectivity index (χ1v) is 8.97. The maximum Gasteiger partial charge on any atom is 0.254 e. The summed E-state index contributed by atoms with van der Waals surface area (Å²) < 4.78 is 33.5. The number of fused-ring (bicyclic) bond motifs is 1. The molecule has 7 heteroatoms. The lowest BCUT2D eigenvalue weighted by molar-refractivity contribution is 0.233. The molecule has 0 bridgehead atoms. The van der Waals surface area contributed by atoms with E-state index in [0.29, 0.717) is 36.6 Å². The van der Waals surface area contributed by atoms with Crippen LogP contribution in [0.2, 0.25) is 0 Å². The predicted octanol–water partition coefficient (Wildman–Crippen LogP) is 3.28. The van der Waals surface area contributed by atoms with Crippen molar-refractivity contribution in [2.75, 3.05) is 13.7 Å². The number of hydrogen-bond acceptors (Lipinski definition) is 4. The van der Waals surface area contributed by atoms with E-state index in [1.165, 1.54) is 19.2 Å². The van der Waals surface area contributed by atoms with Gasteiger partial charge in [0.25, 0.3) is 5.56 Å². The third-order valence-corrected chi connectivity index (χ3v) is 4.93. The van der Waals surface area contributed by atoms with Crippen molar-refractivity contribution in [3.05, 3.63) is 81.3 Å². The first kappa shape index (κ1) is 18.3. The fourth-order valence-electron chi connectivity index (χ4n) is 3.43. The summed E-state index contributed by atoms with van der Waals surface area (Å²) in [5.74, 6) is -0.658. The van der Waals surface area contributed by atoms with Crippen molar-refractivity contribution >= 4 is 0 Å². The van der Waals surface area contributed by atoms with Crippen LogP contribution in [0, 0.1) is 11.6 Å². The van der Waals surface area contributed by atoms with E-state index in [9.17, 15) is 13.6 Å². The molecular formula is C21H19F2N3O2. The number of aromatic nitrogens is 2. The number of rotatable bonds is 4. The van der Waals surface area contributed by atoms with Crippen molar-refractivity contribution in [3.63, 3.8) is 0 Å². The fraction of sp³-hybridized carbons (Fsp3) is 0.238. The second-order valence-electron chi connectivity index (χ2n) is 6.74. The van der Waals surface area contributed by atoms with E-state index in [-0.39, 0.29) is 23.4 Å². The van der Waals surface area contributed by atoms with E-state index in [1.54, 1.807) is 0 Å². The highest BCUT2D eigenvalue weighted by atomic mass is 19.1. The van der Waals surface area contributed by atoms with Gasteiger partial charge in [0.1, 0.15) is 23.2 Å².